The Kier molecular flexibility index (Phi) is 7.43. The number of piperidine rings is 1. The van der Waals surface area contributed by atoms with Crippen molar-refractivity contribution in [2.24, 2.45) is 0 Å². The van der Waals surface area contributed by atoms with Crippen LogP contribution in [0.25, 0.3) is 0 Å². The Morgan fingerprint density at radius 2 is 2.08 bits per heavy atom. The van der Waals surface area contributed by atoms with E-state index in [0.717, 1.165) is 44.3 Å². The summed E-state index contributed by atoms with van der Waals surface area (Å²) in [6.07, 6.45) is 4.91. The summed E-state index contributed by atoms with van der Waals surface area (Å²) in [5, 5.41) is 3.00. The second-order valence-corrected chi connectivity index (χ2v) is 6.11. The molecule has 6 heteroatoms. The fourth-order valence-electron chi connectivity index (χ4n) is 3.13. The van der Waals surface area contributed by atoms with Crippen LogP contribution in [0, 0.1) is 0 Å². The predicted molar refractivity (Wildman–Crippen MR) is 89.3 cm³/mol. The van der Waals surface area contributed by atoms with Gasteiger partial charge < -0.3 is 10.1 Å². The molecule has 1 fully saturated rings. The van der Waals surface area contributed by atoms with E-state index in [-0.39, 0.29) is 17.7 Å². The Labute approximate surface area is 142 Å². The molecule has 0 radical (unpaired) electrons. The fraction of sp³-hybridized carbons (Fsp3) is 0.611. The van der Waals surface area contributed by atoms with Crippen LogP contribution in [-0.4, -0.2) is 43.1 Å². The number of ether oxygens (including phenoxy) is 1. The summed E-state index contributed by atoms with van der Waals surface area (Å²) in [6.45, 7) is 1.83. The lowest BCUT2D eigenvalue weighted by Gasteiger charge is -2.34. The Balaban J connectivity index is 1.77. The van der Waals surface area contributed by atoms with Gasteiger partial charge in [0, 0.05) is 6.54 Å². The van der Waals surface area contributed by atoms with Gasteiger partial charge in [-0.3, -0.25) is 9.69 Å². The molecule has 134 valence electrons. The van der Waals surface area contributed by atoms with Crippen LogP contribution in [0.15, 0.2) is 24.3 Å². The maximum atomic E-state index is 12.4. The quantitative estimate of drug-likeness (QED) is 0.790. The molecule has 0 bridgehead atoms. The lowest BCUT2D eigenvalue weighted by atomic mass is 10.0. The van der Waals surface area contributed by atoms with Crippen molar-refractivity contribution in [3.05, 3.63) is 29.8 Å². The number of hydrogen-bond acceptors (Lipinski definition) is 3. The highest BCUT2D eigenvalue weighted by molar-refractivity contribution is 5.81. The SMILES string of the molecule is CCCN1CCCCC1C(=O)NCCc1ccc(OC(F)F)cc1. The number of likely N-dealkylation sites (tertiary alicyclic amines) is 1. The minimum absolute atomic E-state index is 0.0134. The van der Waals surface area contributed by atoms with Crippen LogP contribution in [0.1, 0.15) is 38.2 Å². The molecule has 1 amide bonds. The number of nitrogens with one attached hydrogen (secondary N) is 1. The fourth-order valence-corrected chi connectivity index (χ4v) is 3.13. The molecule has 1 aliphatic heterocycles. The molecule has 1 aromatic carbocycles. The summed E-state index contributed by atoms with van der Waals surface area (Å²) >= 11 is 0. The molecular weight excluding hydrogens is 314 g/mol. The third-order valence-corrected chi connectivity index (χ3v) is 4.29. The van der Waals surface area contributed by atoms with Crippen LogP contribution in [0.2, 0.25) is 0 Å². The van der Waals surface area contributed by atoms with E-state index < -0.39 is 6.61 Å². The van der Waals surface area contributed by atoms with Crippen LogP contribution in [-0.2, 0) is 11.2 Å². The van der Waals surface area contributed by atoms with Crippen molar-refractivity contribution in [2.75, 3.05) is 19.6 Å². The van der Waals surface area contributed by atoms with Gasteiger partial charge in [-0.25, -0.2) is 0 Å². The first-order valence-corrected chi connectivity index (χ1v) is 8.65. The molecule has 1 aromatic rings. The molecular formula is C18H26F2N2O2. The number of nitrogens with zero attached hydrogens (tertiary/aromatic N) is 1. The summed E-state index contributed by atoms with van der Waals surface area (Å²) in [5.41, 5.74) is 0.978. The molecule has 1 atom stereocenters. The van der Waals surface area contributed by atoms with Gasteiger partial charge in [-0.05, 0) is 56.5 Å². The Bertz CT molecular complexity index is 506. The molecule has 1 N–H and O–H groups in total. The summed E-state index contributed by atoms with van der Waals surface area (Å²) < 4.78 is 28.5. The maximum Gasteiger partial charge on any atom is 0.387 e. The topological polar surface area (TPSA) is 41.6 Å². The van der Waals surface area contributed by atoms with Crippen molar-refractivity contribution in [3.8, 4) is 5.75 Å². The van der Waals surface area contributed by atoms with Gasteiger partial charge in [0.15, 0.2) is 0 Å². The molecule has 0 spiro atoms. The van der Waals surface area contributed by atoms with E-state index in [9.17, 15) is 13.6 Å². The second kappa shape index (κ2) is 9.57. The first-order chi connectivity index (χ1) is 11.6. The van der Waals surface area contributed by atoms with Gasteiger partial charge in [0.1, 0.15) is 5.75 Å². The first-order valence-electron chi connectivity index (χ1n) is 8.65. The van der Waals surface area contributed by atoms with Gasteiger partial charge in [0.05, 0.1) is 6.04 Å². The van der Waals surface area contributed by atoms with Crippen LogP contribution < -0.4 is 10.1 Å². The molecule has 0 aromatic heterocycles. The molecule has 0 aliphatic carbocycles. The van der Waals surface area contributed by atoms with Gasteiger partial charge >= 0.3 is 6.61 Å². The minimum atomic E-state index is -2.81. The van der Waals surface area contributed by atoms with E-state index in [0.29, 0.717) is 13.0 Å². The van der Waals surface area contributed by atoms with Gasteiger partial charge in [-0.15, -0.1) is 0 Å². The third kappa shape index (κ3) is 5.74. The number of carbonyl (C=O) groups is 1. The molecule has 4 nitrogen and oxygen atoms in total. The largest absolute Gasteiger partial charge is 0.435 e. The molecule has 24 heavy (non-hydrogen) atoms. The number of benzene rings is 1. The summed E-state index contributed by atoms with van der Waals surface area (Å²) in [7, 11) is 0. The molecule has 1 heterocycles. The van der Waals surface area contributed by atoms with E-state index >= 15 is 0 Å². The highest BCUT2D eigenvalue weighted by Crippen LogP contribution is 2.18. The van der Waals surface area contributed by atoms with E-state index in [1.807, 2.05) is 0 Å². The van der Waals surface area contributed by atoms with E-state index in [1.165, 1.54) is 12.1 Å². The third-order valence-electron chi connectivity index (χ3n) is 4.29. The van der Waals surface area contributed by atoms with E-state index in [1.54, 1.807) is 12.1 Å². The maximum absolute atomic E-state index is 12.4. The minimum Gasteiger partial charge on any atom is -0.435 e. The lowest BCUT2D eigenvalue weighted by molar-refractivity contribution is -0.127. The lowest BCUT2D eigenvalue weighted by Crippen LogP contribution is -2.50. The Hall–Kier alpha value is -1.69. The van der Waals surface area contributed by atoms with Gasteiger partial charge in [-0.2, -0.15) is 8.78 Å². The predicted octanol–water partition coefficient (Wildman–Crippen LogP) is 3.21. The average molecular weight is 340 g/mol. The summed E-state index contributed by atoms with van der Waals surface area (Å²) in [4.78, 5) is 14.7. The number of amides is 1. The zero-order valence-electron chi connectivity index (χ0n) is 14.1. The molecule has 0 saturated carbocycles. The Morgan fingerprint density at radius 1 is 1.33 bits per heavy atom. The summed E-state index contributed by atoms with van der Waals surface area (Å²) in [6, 6.07) is 6.52. The molecule has 2 rings (SSSR count). The standard InChI is InChI=1S/C18H26F2N2O2/c1-2-12-22-13-4-3-5-16(22)17(23)21-11-10-14-6-8-15(9-7-14)24-18(19)20/h6-9,16,18H,2-5,10-13H2,1H3,(H,21,23). The van der Waals surface area contributed by atoms with Gasteiger partial charge in [-0.1, -0.05) is 25.5 Å². The number of alkyl halides is 2. The van der Waals surface area contributed by atoms with Crippen molar-refractivity contribution in [1.29, 1.82) is 0 Å². The van der Waals surface area contributed by atoms with Crippen LogP contribution >= 0.6 is 0 Å². The molecule has 1 unspecified atom stereocenters. The summed E-state index contributed by atoms with van der Waals surface area (Å²) in [5.74, 6) is 0.246. The number of hydrogen-bond donors (Lipinski definition) is 1. The van der Waals surface area contributed by atoms with E-state index in [2.05, 4.69) is 21.9 Å². The number of rotatable bonds is 8. The molecule has 1 saturated heterocycles. The first kappa shape index (κ1) is 18.6. The number of halogens is 2. The highest BCUT2D eigenvalue weighted by Gasteiger charge is 2.27. The molecule has 1 aliphatic rings. The van der Waals surface area contributed by atoms with Gasteiger partial charge in [0.25, 0.3) is 0 Å². The number of carbonyl (C=O) groups excluding carboxylic acids is 1. The van der Waals surface area contributed by atoms with Crippen LogP contribution in [0.5, 0.6) is 5.75 Å². The second-order valence-electron chi connectivity index (χ2n) is 6.11. The normalized spacial score (nSPS) is 18.6. The van der Waals surface area contributed by atoms with Gasteiger partial charge in [0.2, 0.25) is 5.91 Å². The monoisotopic (exact) mass is 340 g/mol. The smallest absolute Gasteiger partial charge is 0.387 e. The highest BCUT2D eigenvalue weighted by atomic mass is 19.3. The van der Waals surface area contributed by atoms with Crippen molar-refractivity contribution in [2.45, 2.75) is 51.7 Å². The zero-order valence-corrected chi connectivity index (χ0v) is 14.1. The van der Waals surface area contributed by atoms with E-state index in [4.69, 9.17) is 0 Å². The van der Waals surface area contributed by atoms with Crippen molar-refractivity contribution in [1.82, 2.24) is 10.2 Å². The Morgan fingerprint density at radius 3 is 2.75 bits per heavy atom. The van der Waals surface area contributed by atoms with Crippen molar-refractivity contribution >= 4 is 5.91 Å². The van der Waals surface area contributed by atoms with Crippen LogP contribution in [0.3, 0.4) is 0 Å². The van der Waals surface area contributed by atoms with Crippen LogP contribution in [0.4, 0.5) is 8.78 Å². The van der Waals surface area contributed by atoms with Crippen molar-refractivity contribution < 1.29 is 18.3 Å². The zero-order chi connectivity index (χ0) is 17.4. The van der Waals surface area contributed by atoms with Crippen molar-refractivity contribution in [3.63, 3.8) is 0 Å². The average Bonchev–Trinajstić information content (AvgIpc) is 2.56.